The van der Waals surface area contributed by atoms with Gasteiger partial charge in [-0.15, -0.1) is 0 Å². The summed E-state index contributed by atoms with van der Waals surface area (Å²) in [7, 11) is 0. The van der Waals surface area contributed by atoms with Gasteiger partial charge in [0.15, 0.2) is 0 Å². The molecule has 3 N–H and O–H groups in total. The van der Waals surface area contributed by atoms with Crippen LogP contribution in [0.2, 0.25) is 0 Å². The zero-order chi connectivity index (χ0) is 13.0. The standard InChI is InChI=1S/C13H23N3OS/c14-12(18)10-6-8-16(9-7-10)13(17)15-11-4-2-1-3-5-11/h10-11H,1-9H2,(H2,14,18)(H,15,17). The number of hydrogen-bond acceptors (Lipinski definition) is 2. The molecule has 0 atom stereocenters. The molecule has 1 heterocycles. The summed E-state index contributed by atoms with van der Waals surface area (Å²) in [6, 6.07) is 0.489. The number of thiocarbonyl (C=S) groups is 1. The molecule has 0 aromatic rings. The molecule has 2 amide bonds. The summed E-state index contributed by atoms with van der Waals surface area (Å²) in [5, 5.41) is 3.16. The van der Waals surface area contributed by atoms with Crippen molar-refractivity contribution in [2.24, 2.45) is 11.7 Å². The van der Waals surface area contributed by atoms with Gasteiger partial charge in [-0.1, -0.05) is 31.5 Å². The molecule has 1 aliphatic carbocycles. The van der Waals surface area contributed by atoms with Gasteiger partial charge in [-0.05, 0) is 25.7 Å². The summed E-state index contributed by atoms with van der Waals surface area (Å²) in [4.78, 5) is 14.6. The van der Waals surface area contributed by atoms with Gasteiger partial charge in [-0.25, -0.2) is 4.79 Å². The van der Waals surface area contributed by atoms with E-state index >= 15 is 0 Å². The number of piperidine rings is 1. The van der Waals surface area contributed by atoms with Crippen molar-refractivity contribution < 1.29 is 4.79 Å². The van der Waals surface area contributed by atoms with E-state index in [2.05, 4.69) is 5.32 Å². The quantitative estimate of drug-likeness (QED) is 0.754. The zero-order valence-electron chi connectivity index (χ0n) is 10.9. The lowest BCUT2D eigenvalue weighted by Gasteiger charge is -2.33. The summed E-state index contributed by atoms with van der Waals surface area (Å²) in [6.45, 7) is 1.56. The maximum Gasteiger partial charge on any atom is 0.317 e. The van der Waals surface area contributed by atoms with Crippen molar-refractivity contribution in [3.8, 4) is 0 Å². The van der Waals surface area contributed by atoms with E-state index in [0.717, 1.165) is 38.8 Å². The summed E-state index contributed by atoms with van der Waals surface area (Å²) >= 11 is 5.01. The molecular weight excluding hydrogens is 246 g/mol. The Labute approximate surface area is 114 Å². The van der Waals surface area contributed by atoms with E-state index in [-0.39, 0.29) is 6.03 Å². The van der Waals surface area contributed by atoms with Crippen LogP contribution in [0.15, 0.2) is 0 Å². The Kier molecular flexibility index (Phi) is 4.80. The first-order valence-electron chi connectivity index (χ1n) is 7.01. The predicted octanol–water partition coefficient (Wildman–Crippen LogP) is 2.03. The number of nitrogens with two attached hydrogens (primary N) is 1. The van der Waals surface area contributed by atoms with Crippen LogP contribution in [-0.2, 0) is 0 Å². The highest BCUT2D eigenvalue weighted by Crippen LogP contribution is 2.20. The maximum atomic E-state index is 12.1. The topological polar surface area (TPSA) is 58.4 Å². The van der Waals surface area contributed by atoms with Gasteiger partial charge < -0.3 is 16.0 Å². The minimum atomic E-state index is 0.100. The van der Waals surface area contributed by atoms with Crippen LogP contribution in [0, 0.1) is 5.92 Å². The molecule has 4 nitrogen and oxygen atoms in total. The van der Waals surface area contributed by atoms with E-state index in [4.69, 9.17) is 18.0 Å². The van der Waals surface area contributed by atoms with Crippen LogP contribution in [0.3, 0.4) is 0 Å². The zero-order valence-corrected chi connectivity index (χ0v) is 11.7. The Bertz CT molecular complexity index is 307. The average Bonchev–Trinajstić information content (AvgIpc) is 2.40. The highest BCUT2D eigenvalue weighted by molar-refractivity contribution is 7.80. The number of rotatable bonds is 2. The summed E-state index contributed by atoms with van der Waals surface area (Å²) < 4.78 is 0. The predicted molar refractivity (Wildman–Crippen MR) is 76.5 cm³/mol. The second-order valence-electron chi connectivity index (χ2n) is 5.45. The molecule has 0 aromatic heterocycles. The largest absolute Gasteiger partial charge is 0.393 e. The van der Waals surface area contributed by atoms with Crippen LogP contribution in [0.25, 0.3) is 0 Å². The number of carbonyl (C=O) groups is 1. The van der Waals surface area contributed by atoms with Crippen LogP contribution in [0.1, 0.15) is 44.9 Å². The molecule has 1 aliphatic heterocycles. The third-order valence-electron chi connectivity index (χ3n) is 4.12. The van der Waals surface area contributed by atoms with E-state index in [1.165, 1.54) is 19.3 Å². The lowest BCUT2D eigenvalue weighted by Crippen LogP contribution is -2.49. The molecule has 2 rings (SSSR count). The lowest BCUT2D eigenvalue weighted by atomic mass is 9.95. The number of hydrogen-bond donors (Lipinski definition) is 2. The first-order valence-corrected chi connectivity index (χ1v) is 7.42. The fraction of sp³-hybridized carbons (Fsp3) is 0.846. The van der Waals surface area contributed by atoms with E-state index in [1.807, 2.05) is 4.90 Å². The smallest absolute Gasteiger partial charge is 0.317 e. The number of urea groups is 1. The van der Waals surface area contributed by atoms with Crippen LogP contribution in [-0.4, -0.2) is 35.1 Å². The van der Waals surface area contributed by atoms with Gasteiger partial charge in [-0.3, -0.25) is 0 Å². The summed E-state index contributed by atoms with van der Waals surface area (Å²) in [5.74, 6) is 0.318. The molecule has 0 radical (unpaired) electrons. The minimum Gasteiger partial charge on any atom is -0.393 e. The van der Waals surface area contributed by atoms with Gasteiger partial charge in [0, 0.05) is 25.0 Å². The molecule has 0 spiro atoms. The molecule has 0 unspecified atom stereocenters. The summed E-state index contributed by atoms with van der Waals surface area (Å²) in [6.07, 6.45) is 7.89. The third kappa shape index (κ3) is 3.57. The molecule has 1 saturated heterocycles. The van der Waals surface area contributed by atoms with Crippen molar-refractivity contribution in [3.05, 3.63) is 0 Å². The first-order chi connectivity index (χ1) is 8.66. The molecule has 2 fully saturated rings. The van der Waals surface area contributed by atoms with Crippen molar-refractivity contribution in [3.63, 3.8) is 0 Å². The van der Waals surface area contributed by atoms with Gasteiger partial charge in [0.2, 0.25) is 0 Å². The fourth-order valence-corrected chi connectivity index (χ4v) is 3.12. The number of amides is 2. The van der Waals surface area contributed by atoms with E-state index in [1.54, 1.807) is 0 Å². The SMILES string of the molecule is NC(=S)C1CCN(C(=O)NC2CCCCC2)CC1. The Hall–Kier alpha value is -0.840. The number of nitrogens with zero attached hydrogens (tertiary/aromatic N) is 1. The maximum absolute atomic E-state index is 12.1. The van der Waals surface area contributed by atoms with Gasteiger partial charge in [0.05, 0.1) is 4.99 Å². The lowest BCUT2D eigenvalue weighted by molar-refractivity contribution is 0.173. The van der Waals surface area contributed by atoms with Gasteiger partial charge in [0.1, 0.15) is 0 Å². The Morgan fingerprint density at radius 1 is 1.11 bits per heavy atom. The number of likely N-dealkylation sites (tertiary alicyclic amines) is 1. The Morgan fingerprint density at radius 3 is 2.28 bits per heavy atom. The van der Waals surface area contributed by atoms with Crippen molar-refractivity contribution in [2.45, 2.75) is 51.0 Å². The summed E-state index contributed by atoms with van der Waals surface area (Å²) in [5.41, 5.74) is 5.65. The Balaban J connectivity index is 1.75. The van der Waals surface area contributed by atoms with Crippen LogP contribution >= 0.6 is 12.2 Å². The monoisotopic (exact) mass is 269 g/mol. The molecule has 0 aromatic carbocycles. The van der Waals surface area contributed by atoms with Crippen LogP contribution in [0.5, 0.6) is 0 Å². The van der Waals surface area contributed by atoms with Crippen molar-refractivity contribution in [1.29, 1.82) is 0 Å². The Morgan fingerprint density at radius 2 is 1.72 bits per heavy atom. The molecule has 102 valence electrons. The van der Waals surface area contributed by atoms with Crippen molar-refractivity contribution in [1.82, 2.24) is 10.2 Å². The van der Waals surface area contributed by atoms with Gasteiger partial charge in [-0.2, -0.15) is 0 Å². The van der Waals surface area contributed by atoms with Crippen molar-refractivity contribution >= 4 is 23.2 Å². The highest BCUT2D eigenvalue weighted by atomic mass is 32.1. The van der Waals surface area contributed by atoms with Crippen molar-refractivity contribution in [2.75, 3.05) is 13.1 Å². The average molecular weight is 269 g/mol. The molecule has 2 aliphatic rings. The van der Waals surface area contributed by atoms with E-state index in [9.17, 15) is 4.79 Å². The van der Waals surface area contributed by atoms with E-state index < -0.39 is 0 Å². The second kappa shape index (κ2) is 6.36. The third-order valence-corrected chi connectivity index (χ3v) is 4.45. The fourth-order valence-electron chi connectivity index (χ4n) is 2.88. The number of carbonyl (C=O) groups excluding carboxylic acids is 1. The minimum absolute atomic E-state index is 0.100. The van der Waals surface area contributed by atoms with Crippen LogP contribution in [0.4, 0.5) is 4.79 Å². The number of nitrogens with one attached hydrogen (secondary N) is 1. The van der Waals surface area contributed by atoms with Gasteiger partial charge >= 0.3 is 6.03 Å². The van der Waals surface area contributed by atoms with Crippen LogP contribution < -0.4 is 11.1 Å². The first kappa shape index (κ1) is 13.6. The molecule has 18 heavy (non-hydrogen) atoms. The van der Waals surface area contributed by atoms with Gasteiger partial charge in [0.25, 0.3) is 0 Å². The molecule has 5 heteroatoms. The highest BCUT2D eigenvalue weighted by Gasteiger charge is 2.25. The molecule has 1 saturated carbocycles. The molecular formula is C13H23N3OS. The normalized spacial score (nSPS) is 22.8. The van der Waals surface area contributed by atoms with E-state index in [0.29, 0.717) is 16.9 Å². The molecule has 0 bridgehead atoms. The second-order valence-corrected chi connectivity index (χ2v) is 5.92.